The van der Waals surface area contributed by atoms with Crippen LogP contribution in [0.2, 0.25) is 0 Å². The number of carbonyl (C=O) groups is 4. The van der Waals surface area contributed by atoms with Gasteiger partial charge in [-0.3, -0.25) is 24.2 Å². The third kappa shape index (κ3) is 4.83. The van der Waals surface area contributed by atoms with E-state index in [-0.39, 0.29) is 55.1 Å². The molecule has 3 N–H and O–H groups in total. The molecule has 4 aliphatic carbocycles. The molecule has 0 aliphatic heterocycles. The Morgan fingerprint density at radius 1 is 1.20 bits per heavy atom. The number of allylic oxidation sites excluding steroid dienone is 4. The van der Waals surface area contributed by atoms with Gasteiger partial charge < -0.3 is 20.3 Å². The number of Topliss-reactive ketones (excluding diaryl/α,β-unsaturated/α-hetero) is 1. The first-order valence-electron chi connectivity index (χ1n) is 14.2. The number of nitrogens with zero attached hydrogens (tertiary/aromatic N) is 1. The molecule has 0 radical (unpaired) electrons. The molecule has 0 spiro atoms. The molecule has 9 nitrogen and oxygen atoms in total. The first-order chi connectivity index (χ1) is 19.0. The van der Waals surface area contributed by atoms with Gasteiger partial charge in [0.2, 0.25) is 11.7 Å². The largest absolute Gasteiger partial charge is 0.458 e. The number of nitrogens with one attached hydrogen (secondary N) is 1. The number of carbonyl (C=O) groups excluding carboxylic acids is 4. The third-order valence-corrected chi connectivity index (χ3v) is 10.2. The van der Waals surface area contributed by atoms with E-state index in [0.717, 1.165) is 24.0 Å². The summed E-state index contributed by atoms with van der Waals surface area (Å²) in [6.07, 6.45) is 10.1. The Labute approximate surface area is 234 Å². The number of esters is 1. The zero-order valence-corrected chi connectivity index (χ0v) is 23.1. The van der Waals surface area contributed by atoms with Crippen molar-refractivity contribution in [1.29, 1.82) is 0 Å². The molecule has 7 atom stereocenters. The summed E-state index contributed by atoms with van der Waals surface area (Å²) in [6, 6.07) is 3.60. The highest BCUT2D eigenvalue weighted by molar-refractivity contribution is 6.01. The number of aromatic nitrogens is 1. The SMILES string of the molecule is C[C@]12C=CC(=O)C=C1CC[C@@H]1[C@@H]2[C@@H](O)C[C@@]2(C)[C@H]1CC[C@@]2(O)C(=O)COC(=O)CCC(=O)NCc1cccnc1. The van der Waals surface area contributed by atoms with Crippen LogP contribution in [0.4, 0.5) is 0 Å². The van der Waals surface area contributed by atoms with Gasteiger partial charge in [0.25, 0.3) is 0 Å². The molecule has 0 unspecified atom stereocenters. The van der Waals surface area contributed by atoms with Gasteiger partial charge in [-0.05, 0) is 67.7 Å². The van der Waals surface area contributed by atoms with E-state index in [1.807, 2.05) is 19.1 Å². The summed E-state index contributed by atoms with van der Waals surface area (Å²) in [5.41, 5.74) is -1.13. The molecule has 5 rings (SSSR count). The minimum Gasteiger partial charge on any atom is -0.458 e. The van der Waals surface area contributed by atoms with Gasteiger partial charge in [-0.1, -0.05) is 31.6 Å². The van der Waals surface area contributed by atoms with Crippen LogP contribution in [0.15, 0.2) is 48.3 Å². The van der Waals surface area contributed by atoms with E-state index < -0.39 is 40.9 Å². The summed E-state index contributed by atoms with van der Waals surface area (Å²) >= 11 is 0. The van der Waals surface area contributed by atoms with Crippen molar-refractivity contribution in [1.82, 2.24) is 10.3 Å². The molecule has 4 aliphatic rings. The van der Waals surface area contributed by atoms with Gasteiger partial charge in [0, 0.05) is 42.1 Å². The molecular formula is C31H38N2O7. The number of ketones is 2. The molecule has 1 aromatic rings. The lowest BCUT2D eigenvalue weighted by atomic mass is 9.46. The lowest BCUT2D eigenvalue weighted by Gasteiger charge is -2.59. The van der Waals surface area contributed by atoms with E-state index in [9.17, 15) is 29.4 Å². The van der Waals surface area contributed by atoms with Crippen molar-refractivity contribution >= 4 is 23.4 Å². The van der Waals surface area contributed by atoms with Crippen molar-refractivity contribution in [3.8, 4) is 0 Å². The average Bonchev–Trinajstić information content (AvgIpc) is 3.20. The highest BCUT2D eigenvalue weighted by Crippen LogP contribution is 2.67. The van der Waals surface area contributed by atoms with Crippen molar-refractivity contribution in [3.63, 3.8) is 0 Å². The van der Waals surface area contributed by atoms with Gasteiger partial charge in [-0.2, -0.15) is 0 Å². The average molecular weight is 551 g/mol. The van der Waals surface area contributed by atoms with Crippen LogP contribution in [0, 0.1) is 28.6 Å². The molecule has 1 heterocycles. The summed E-state index contributed by atoms with van der Waals surface area (Å²) < 4.78 is 5.20. The standard InChI is InChI=1S/C31H38N2O7/c1-29-11-9-21(34)14-20(29)5-6-22-23-10-12-31(39,30(23,2)15-24(35)28(22)29)25(36)18-40-27(38)8-7-26(37)33-17-19-4-3-13-32-16-19/h3-4,9,11,13-14,16,22-24,28,35,39H,5-8,10,12,15,17-18H2,1-2H3,(H,33,37)/t22-,23-,24-,28+,29-,30-,31+/m0/s1. The van der Waals surface area contributed by atoms with Gasteiger partial charge in [0.15, 0.2) is 12.4 Å². The summed E-state index contributed by atoms with van der Waals surface area (Å²) in [4.78, 5) is 53.8. The van der Waals surface area contributed by atoms with Gasteiger partial charge in [0.05, 0.1) is 12.5 Å². The van der Waals surface area contributed by atoms with Crippen LogP contribution in [0.5, 0.6) is 0 Å². The van der Waals surface area contributed by atoms with Crippen LogP contribution in [-0.2, 0) is 30.5 Å². The van der Waals surface area contributed by atoms with E-state index in [4.69, 9.17) is 4.74 Å². The number of ether oxygens (including phenoxy) is 1. The molecule has 214 valence electrons. The number of rotatable bonds is 8. The number of pyridine rings is 1. The first kappa shape index (κ1) is 28.4. The lowest BCUT2D eigenvalue weighted by molar-refractivity contribution is -0.181. The Hall–Kier alpha value is -3.17. The van der Waals surface area contributed by atoms with Crippen molar-refractivity contribution < 1.29 is 34.1 Å². The van der Waals surface area contributed by atoms with Gasteiger partial charge in [-0.25, -0.2) is 0 Å². The van der Waals surface area contributed by atoms with Crippen molar-refractivity contribution in [2.24, 2.45) is 28.6 Å². The van der Waals surface area contributed by atoms with E-state index in [0.29, 0.717) is 13.0 Å². The van der Waals surface area contributed by atoms with Crippen LogP contribution in [-0.4, -0.2) is 57.0 Å². The molecule has 3 saturated carbocycles. The molecule has 1 aromatic heterocycles. The second-order valence-electron chi connectivity index (χ2n) is 12.3. The number of aliphatic hydroxyl groups excluding tert-OH is 1. The minimum atomic E-state index is -1.72. The Morgan fingerprint density at radius 3 is 2.75 bits per heavy atom. The Balaban J connectivity index is 1.18. The van der Waals surface area contributed by atoms with Gasteiger partial charge in [0.1, 0.15) is 5.60 Å². The van der Waals surface area contributed by atoms with Gasteiger partial charge in [-0.15, -0.1) is 0 Å². The fourth-order valence-corrected chi connectivity index (χ4v) is 8.13. The number of hydrogen-bond acceptors (Lipinski definition) is 8. The fourth-order valence-electron chi connectivity index (χ4n) is 8.13. The van der Waals surface area contributed by atoms with Crippen molar-refractivity contribution in [3.05, 3.63) is 53.9 Å². The highest BCUT2D eigenvalue weighted by atomic mass is 16.5. The van der Waals surface area contributed by atoms with E-state index in [1.165, 1.54) is 0 Å². The zero-order valence-electron chi connectivity index (χ0n) is 23.1. The molecule has 3 fully saturated rings. The van der Waals surface area contributed by atoms with Crippen LogP contribution >= 0.6 is 0 Å². The summed E-state index contributed by atoms with van der Waals surface area (Å²) in [7, 11) is 0. The molecule has 0 saturated heterocycles. The summed E-state index contributed by atoms with van der Waals surface area (Å²) in [6.45, 7) is 3.68. The topological polar surface area (TPSA) is 143 Å². The molecule has 0 aromatic carbocycles. The molecule has 0 bridgehead atoms. The number of fused-ring (bicyclic) bond motifs is 5. The third-order valence-electron chi connectivity index (χ3n) is 10.2. The summed E-state index contributed by atoms with van der Waals surface area (Å²) in [5, 5.41) is 25.9. The molecular weight excluding hydrogens is 512 g/mol. The summed E-state index contributed by atoms with van der Waals surface area (Å²) in [5.74, 6) is -1.60. The maximum Gasteiger partial charge on any atom is 0.306 e. The fraction of sp³-hybridized carbons (Fsp3) is 0.581. The smallest absolute Gasteiger partial charge is 0.306 e. The number of hydrogen-bond donors (Lipinski definition) is 3. The maximum absolute atomic E-state index is 13.4. The van der Waals surface area contributed by atoms with E-state index in [2.05, 4.69) is 17.2 Å². The second kappa shape index (κ2) is 10.7. The van der Waals surface area contributed by atoms with Crippen LogP contribution in [0.1, 0.15) is 64.4 Å². The van der Waals surface area contributed by atoms with Crippen LogP contribution in [0.3, 0.4) is 0 Å². The highest BCUT2D eigenvalue weighted by Gasteiger charge is 2.68. The van der Waals surface area contributed by atoms with E-state index >= 15 is 0 Å². The Morgan fingerprint density at radius 2 is 2.00 bits per heavy atom. The number of amides is 1. The van der Waals surface area contributed by atoms with Crippen molar-refractivity contribution in [2.75, 3.05) is 6.61 Å². The van der Waals surface area contributed by atoms with Crippen LogP contribution < -0.4 is 5.32 Å². The predicted octanol–water partition coefficient (Wildman–Crippen LogP) is 2.60. The lowest BCUT2D eigenvalue weighted by Crippen LogP contribution is -2.61. The maximum atomic E-state index is 13.4. The zero-order chi connectivity index (χ0) is 28.7. The van der Waals surface area contributed by atoms with Crippen molar-refractivity contribution in [2.45, 2.75) is 77.0 Å². The quantitative estimate of drug-likeness (QED) is 0.419. The van der Waals surface area contributed by atoms with Crippen LogP contribution in [0.25, 0.3) is 0 Å². The minimum absolute atomic E-state index is 0.0125. The Bertz CT molecular complexity index is 1260. The molecule has 9 heteroatoms. The molecule has 40 heavy (non-hydrogen) atoms. The van der Waals surface area contributed by atoms with E-state index in [1.54, 1.807) is 30.6 Å². The first-order valence-corrected chi connectivity index (χ1v) is 14.2. The molecule has 1 amide bonds. The normalized spacial score (nSPS) is 36.1. The monoisotopic (exact) mass is 550 g/mol. The number of aliphatic hydroxyl groups is 2. The predicted molar refractivity (Wildman–Crippen MR) is 144 cm³/mol. The Kier molecular flexibility index (Phi) is 7.56. The van der Waals surface area contributed by atoms with Gasteiger partial charge >= 0.3 is 5.97 Å². The second-order valence-corrected chi connectivity index (χ2v) is 12.3.